The maximum Gasteiger partial charge on any atom is 0.147 e. The first-order chi connectivity index (χ1) is 10.9. The summed E-state index contributed by atoms with van der Waals surface area (Å²) < 4.78 is 0. The van der Waals surface area contributed by atoms with Gasteiger partial charge in [-0.15, -0.1) is 0 Å². The predicted molar refractivity (Wildman–Crippen MR) is 88.2 cm³/mol. The lowest BCUT2D eigenvalue weighted by Gasteiger charge is -2.36. The van der Waals surface area contributed by atoms with Gasteiger partial charge in [0.2, 0.25) is 0 Å². The highest BCUT2D eigenvalue weighted by molar-refractivity contribution is 5.91. The Labute approximate surface area is 129 Å². The second-order valence-electron chi connectivity index (χ2n) is 5.38. The van der Waals surface area contributed by atoms with Gasteiger partial charge in [-0.05, 0) is 12.1 Å². The SMILES string of the molecule is c1ccc2c(N3CCN(c4cnccn4)CC3)ccnc2c1. The van der Waals surface area contributed by atoms with Crippen molar-refractivity contribution in [2.24, 2.45) is 0 Å². The van der Waals surface area contributed by atoms with Crippen molar-refractivity contribution >= 4 is 22.4 Å². The van der Waals surface area contributed by atoms with Gasteiger partial charge in [0.15, 0.2) is 0 Å². The summed E-state index contributed by atoms with van der Waals surface area (Å²) in [7, 11) is 0. The molecule has 0 bridgehead atoms. The zero-order chi connectivity index (χ0) is 14.8. The molecule has 1 saturated heterocycles. The van der Waals surface area contributed by atoms with Crippen LogP contribution in [0.3, 0.4) is 0 Å². The number of piperazine rings is 1. The third kappa shape index (κ3) is 2.35. The number of rotatable bonds is 2. The van der Waals surface area contributed by atoms with Gasteiger partial charge in [-0.2, -0.15) is 0 Å². The van der Waals surface area contributed by atoms with Crippen molar-refractivity contribution in [1.82, 2.24) is 15.0 Å². The molecule has 3 aromatic rings. The molecule has 0 atom stereocenters. The average molecular weight is 291 g/mol. The number of pyridine rings is 1. The Morgan fingerprint density at radius 3 is 2.41 bits per heavy atom. The number of benzene rings is 1. The van der Waals surface area contributed by atoms with Crippen molar-refractivity contribution in [3.8, 4) is 0 Å². The molecule has 2 aromatic heterocycles. The Hall–Kier alpha value is -2.69. The zero-order valence-electron chi connectivity index (χ0n) is 12.3. The van der Waals surface area contributed by atoms with Gasteiger partial charge in [0.1, 0.15) is 5.82 Å². The highest BCUT2D eigenvalue weighted by Gasteiger charge is 2.19. The summed E-state index contributed by atoms with van der Waals surface area (Å²) in [5.74, 6) is 0.960. The molecule has 4 rings (SSSR count). The van der Waals surface area contributed by atoms with Crippen LogP contribution in [0.1, 0.15) is 0 Å². The Morgan fingerprint density at radius 1 is 0.773 bits per heavy atom. The van der Waals surface area contributed by atoms with Crippen LogP contribution in [0, 0.1) is 0 Å². The lowest BCUT2D eigenvalue weighted by Crippen LogP contribution is -2.46. The van der Waals surface area contributed by atoms with Gasteiger partial charge in [0.05, 0.1) is 11.7 Å². The third-order valence-corrected chi connectivity index (χ3v) is 4.12. The standard InChI is InChI=1S/C17H17N5/c1-2-4-15-14(3-1)16(5-6-19-15)21-9-11-22(12-10-21)17-13-18-7-8-20-17/h1-8,13H,9-12H2. The van der Waals surface area contributed by atoms with Crippen LogP contribution in [0.2, 0.25) is 0 Å². The summed E-state index contributed by atoms with van der Waals surface area (Å²) in [5, 5.41) is 1.22. The van der Waals surface area contributed by atoms with E-state index in [2.05, 4.69) is 49.0 Å². The predicted octanol–water partition coefficient (Wildman–Crippen LogP) is 2.35. The molecule has 0 aliphatic carbocycles. The van der Waals surface area contributed by atoms with E-state index < -0.39 is 0 Å². The smallest absolute Gasteiger partial charge is 0.147 e. The minimum Gasteiger partial charge on any atom is -0.367 e. The second-order valence-corrected chi connectivity index (χ2v) is 5.38. The number of nitrogens with zero attached hydrogens (tertiary/aromatic N) is 5. The van der Waals surface area contributed by atoms with Gasteiger partial charge in [-0.1, -0.05) is 18.2 Å². The molecule has 1 aliphatic rings. The van der Waals surface area contributed by atoms with Crippen molar-refractivity contribution in [3.63, 3.8) is 0 Å². The van der Waals surface area contributed by atoms with Crippen molar-refractivity contribution in [1.29, 1.82) is 0 Å². The van der Waals surface area contributed by atoms with E-state index in [1.54, 1.807) is 12.4 Å². The van der Waals surface area contributed by atoms with Gasteiger partial charge in [-0.3, -0.25) is 9.97 Å². The van der Waals surface area contributed by atoms with Crippen molar-refractivity contribution in [2.75, 3.05) is 36.0 Å². The minimum atomic E-state index is 0.954. The molecule has 0 N–H and O–H groups in total. The molecular weight excluding hydrogens is 274 g/mol. The van der Waals surface area contributed by atoms with Crippen molar-refractivity contribution < 1.29 is 0 Å². The number of aromatic nitrogens is 3. The minimum absolute atomic E-state index is 0.954. The summed E-state index contributed by atoms with van der Waals surface area (Å²) in [4.78, 5) is 17.7. The van der Waals surface area contributed by atoms with Crippen LogP contribution >= 0.6 is 0 Å². The molecule has 0 radical (unpaired) electrons. The molecular formula is C17H17N5. The highest BCUT2D eigenvalue weighted by atomic mass is 15.3. The van der Waals surface area contributed by atoms with E-state index in [1.807, 2.05) is 18.5 Å². The first kappa shape index (κ1) is 13.0. The van der Waals surface area contributed by atoms with E-state index in [-0.39, 0.29) is 0 Å². The van der Waals surface area contributed by atoms with Gasteiger partial charge in [0.25, 0.3) is 0 Å². The van der Waals surface area contributed by atoms with E-state index in [0.717, 1.165) is 37.5 Å². The Bertz CT molecular complexity index is 761. The van der Waals surface area contributed by atoms with Gasteiger partial charge in [0, 0.05) is 55.8 Å². The fraction of sp³-hybridized carbons (Fsp3) is 0.235. The Balaban J connectivity index is 1.56. The molecule has 3 heterocycles. The maximum atomic E-state index is 4.44. The highest BCUT2D eigenvalue weighted by Crippen LogP contribution is 2.26. The van der Waals surface area contributed by atoms with Crippen molar-refractivity contribution in [2.45, 2.75) is 0 Å². The first-order valence-electron chi connectivity index (χ1n) is 7.51. The molecule has 22 heavy (non-hydrogen) atoms. The largest absolute Gasteiger partial charge is 0.367 e. The van der Waals surface area contributed by atoms with E-state index in [4.69, 9.17) is 0 Å². The fourth-order valence-corrected chi connectivity index (χ4v) is 2.99. The number of para-hydroxylation sites is 1. The maximum absolute atomic E-state index is 4.44. The van der Waals surface area contributed by atoms with Crippen LogP contribution in [0.15, 0.2) is 55.1 Å². The average Bonchev–Trinajstić information content (AvgIpc) is 2.62. The van der Waals surface area contributed by atoms with Crippen LogP contribution in [-0.2, 0) is 0 Å². The van der Waals surface area contributed by atoms with E-state index in [0.29, 0.717) is 0 Å². The second kappa shape index (κ2) is 5.60. The summed E-state index contributed by atoms with van der Waals surface area (Å²) >= 11 is 0. The summed E-state index contributed by atoms with van der Waals surface area (Å²) in [6.45, 7) is 3.86. The number of hydrogen-bond acceptors (Lipinski definition) is 5. The molecule has 0 spiro atoms. The molecule has 5 nitrogen and oxygen atoms in total. The molecule has 5 heteroatoms. The van der Waals surface area contributed by atoms with Crippen LogP contribution in [0.5, 0.6) is 0 Å². The van der Waals surface area contributed by atoms with Gasteiger partial charge >= 0.3 is 0 Å². The van der Waals surface area contributed by atoms with Crippen LogP contribution in [0.25, 0.3) is 10.9 Å². The van der Waals surface area contributed by atoms with Gasteiger partial charge in [-0.25, -0.2) is 4.98 Å². The van der Waals surface area contributed by atoms with Gasteiger partial charge < -0.3 is 9.80 Å². The summed E-state index contributed by atoms with van der Waals surface area (Å²) in [6, 6.07) is 10.4. The van der Waals surface area contributed by atoms with Crippen LogP contribution in [0.4, 0.5) is 11.5 Å². The quantitative estimate of drug-likeness (QED) is 0.725. The lowest BCUT2D eigenvalue weighted by molar-refractivity contribution is 0.647. The normalized spacial score (nSPS) is 15.3. The number of hydrogen-bond donors (Lipinski definition) is 0. The lowest BCUT2D eigenvalue weighted by atomic mass is 10.1. The van der Waals surface area contributed by atoms with E-state index in [1.165, 1.54) is 11.1 Å². The van der Waals surface area contributed by atoms with E-state index in [9.17, 15) is 0 Å². The fourth-order valence-electron chi connectivity index (χ4n) is 2.99. The Kier molecular flexibility index (Phi) is 3.31. The summed E-state index contributed by atoms with van der Waals surface area (Å²) in [5.41, 5.74) is 2.32. The zero-order valence-corrected chi connectivity index (χ0v) is 12.3. The summed E-state index contributed by atoms with van der Waals surface area (Å²) in [6.07, 6.45) is 7.19. The number of anilines is 2. The van der Waals surface area contributed by atoms with Crippen LogP contribution < -0.4 is 9.80 Å². The molecule has 0 unspecified atom stereocenters. The van der Waals surface area contributed by atoms with E-state index >= 15 is 0 Å². The molecule has 1 aliphatic heterocycles. The molecule has 0 saturated carbocycles. The topological polar surface area (TPSA) is 45.2 Å². The van der Waals surface area contributed by atoms with Crippen molar-refractivity contribution in [3.05, 3.63) is 55.1 Å². The monoisotopic (exact) mass is 291 g/mol. The molecule has 0 amide bonds. The molecule has 1 fully saturated rings. The molecule has 110 valence electrons. The third-order valence-electron chi connectivity index (χ3n) is 4.12. The van der Waals surface area contributed by atoms with Crippen LogP contribution in [-0.4, -0.2) is 41.1 Å². The Morgan fingerprint density at radius 2 is 1.59 bits per heavy atom. The first-order valence-corrected chi connectivity index (χ1v) is 7.51. The number of fused-ring (bicyclic) bond motifs is 1. The molecule has 1 aromatic carbocycles.